The molecule has 0 aliphatic carbocycles. The van der Waals surface area contributed by atoms with Crippen molar-refractivity contribution in [1.29, 1.82) is 0 Å². The monoisotopic (exact) mass is 376 g/mol. The average Bonchev–Trinajstić information content (AvgIpc) is 2.41. The lowest BCUT2D eigenvalue weighted by Crippen LogP contribution is -2.30. The first kappa shape index (κ1) is 16.2. The molecule has 102 valence electrons. The van der Waals surface area contributed by atoms with Gasteiger partial charge in [-0.3, -0.25) is 0 Å². The Balaban J connectivity index is 2.75. The van der Waals surface area contributed by atoms with Crippen LogP contribution in [0.15, 0.2) is 24.3 Å². The smallest absolute Gasteiger partial charge is 0.0462 e. The van der Waals surface area contributed by atoms with Crippen LogP contribution in [0.1, 0.15) is 30.4 Å². The first-order chi connectivity index (χ1) is 8.68. The van der Waals surface area contributed by atoms with Crippen LogP contribution in [0, 0.1) is 6.92 Å². The van der Waals surface area contributed by atoms with E-state index in [2.05, 4.69) is 63.0 Å². The van der Waals surface area contributed by atoms with Crippen molar-refractivity contribution >= 4 is 31.9 Å². The highest BCUT2D eigenvalue weighted by atomic mass is 79.9. The van der Waals surface area contributed by atoms with Crippen molar-refractivity contribution in [2.75, 3.05) is 24.4 Å². The van der Waals surface area contributed by atoms with Gasteiger partial charge in [0.05, 0.1) is 0 Å². The van der Waals surface area contributed by atoms with E-state index < -0.39 is 0 Å². The summed E-state index contributed by atoms with van der Waals surface area (Å²) in [5.74, 6) is 0. The standard InChI is InChI=1S/C15H22Br2O/c1-13-5-7-14(8-6-13)15(11-16,12-17)9-3-4-10-18-2/h5-8H,3-4,9-12H2,1-2H3. The second kappa shape index (κ2) is 8.34. The molecule has 18 heavy (non-hydrogen) atoms. The fourth-order valence-electron chi connectivity index (χ4n) is 2.08. The maximum absolute atomic E-state index is 5.12. The van der Waals surface area contributed by atoms with E-state index >= 15 is 0 Å². The summed E-state index contributed by atoms with van der Waals surface area (Å²) >= 11 is 7.39. The first-order valence-electron chi connectivity index (χ1n) is 6.36. The number of unbranched alkanes of at least 4 members (excludes halogenated alkanes) is 1. The van der Waals surface area contributed by atoms with Crippen molar-refractivity contribution in [1.82, 2.24) is 0 Å². The summed E-state index contributed by atoms with van der Waals surface area (Å²) in [6.07, 6.45) is 3.50. The molecule has 1 aromatic carbocycles. The number of methoxy groups -OCH3 is 1. The van der Waals surface area contributed by atoms with Crippen LogP contribution in [0.25, 0.3) is 0 Å². The first-order valence-corrected chi connectivity index (χ1v) is 8.61. The highest BCUT2D eigenvalue weighted by Crippen LogP contribution is 2.34. The molecule has 3 heteroatoms. The van der Waals surface area contributed by atoms with Gasteiger partial charge in [-0.2, -0.15) is 0 Å². The minimum absolute atomic E-state index is 0.196. The summed E-state index contributed by atoms with van der Waals surface area (Å²) in [6.45, 7) is 2.99. The van der Waals surface area contributed by atoms with E-state index in [4.69, 9.17) is 4.74 Å². The number of rotatable bonds is 8. The summed E-state index contributed by atoms with van der Waals surface area (Å²) in [5.41, 5.74) is 2.93. The predicted molar refractivity (Wildman–Crippen MR) is 86.2 cm³/mol. The van der Waals surface area contributed by atoms with Crippen LogP contribution in [0.2, 0.25) is 0 Å². The molecule has 0 unspecified atom stereocenters. The minimum atomic E-state index is 0.196. The highest BCUT2D eigenvalue weighted by Gasteiger charge is 2.29. The number of hydrogen-bond acceptors (Lipinski definition) is 1. The van der Waals surface area contributed by atoms with Crippen LogP contribution < -0.4 is 0 Å². The molecule has 0 spiro atoms. The van der Waals surface area contributed by atoms with E-state index in [1.54, 1.807) is 7.11 Å². The molecule has 1 nitrogen and oxygen atoms in total. The molecule has 0 fully saturated rings. The van der Waals surface area contributed by atoms with Crippen LogP contribution >= 0.6 is 31.9 Å². The SMILES string of the molecule is COCCCCC(CBr)(CBr)c1ccc(C)cc1. The van der Waals surface area contributed by atoms with E-state index in [0.717, 1.165) is 23.7 Å². The maximum Gasteiger partial charge on any atom is 0.0462 e. The van der Waals surface area contributed by atoms with Crippen LogP contribution in [0.4, 0.5) is 0 Å². The minimum Gasteiger partial charge on any atom is -0.385 e. The van der Waals surface area contributed by atoms with Gasteiger partial charge in [-0.1, -0.05) is 68.1 Å². The van der Waals surface area contributed by atoms with E-state index in [0.29, 0.717) is 0 Å². The van der Waals surface area contributed by atoms with Gasteiger partial charge in [0.2, 0.25) is 0 Å². The normalized spacial score (nSPS) is 11.8. The predicted octanol–water partition coefficient (Wildman–Crippen LogP) is 4.84. The second-order valence-corrected chi connectivity index (χ2v) is 5.98. The maximum atomic E-state index is 5.12. The van der Waals surface area contributed by atoms with E-state index in [-0.39, 0.29) is 5.41 Å². The number of alkyl halides is 2. The molecule has 1 rings (SSSR count). The Morgan fingerprint density at radius 2 is 1.67 bits per heavy atom. The van der Waals surface area contributed by atoms with E-state index in [9.17, 15) is 0 Å². The number of aryl methyl sites for hydroxylation is 1. The molecule has 0 aliphatic rings. The van der Waals surface area contributed by atoms with E-state index in [1.165, 1.54) is 24.0 Å². The zero-order valence-corrected chi connectivity index (χ0v) is 14.4. The number of halogens is 2. The van der Waals surface area contributed by atoms with Crippen molar-refractivity contribution in [3.05, 3.63) is 35.4 Å². The van der Waals surface area contributed by atoms with Crippen LogP contribution in [0.5, 0.6) is 0 Å². The van der Waals surface area contributed by atoms with Gasteiger partial charge in [0, 0.05) is 29.8 Å². The molecule has 0 atom stereocenters. The second-order valence-electron chi connectivity index (χ2n) is 4.86. The van der Waals surface area contributed by atoms with Gasteiger partial charge in [-0.05, 0) is 25.3 Å². The molecule has 0 radical (unpaired) electrons. The summed E-state index contributed by atoms with van der Waals surface area (Å²) in [7, 11) is 1.77. The van der Waals surface area contributed by atoms with Gasteiger partial charge < -0.3 is 4.74 Å². The molecular weight excluding hydrogens is 356 g/mol. The zero-order chi connectivity index (χ0) is 13.4. The number of ether oxygens (including phenoxy) is 1. The van der Waals surface area contributed by atoms with Crippen molar-refractivity contribution < 1.29 is 4.74 Å². The lowest BCUT2D eigenvalue weighted by atomic mass is 9.80. The third-order valence-electron chi connectivity index (χ3n) is 3.43. The Kier molecular flexibility index (Phi) is 7.50. The Labute approximate surface area is 128 Å². The van der Waals surface area contributed by atoms with Crippen molar-refractivity contribution in [2.45, 2.75) is 31.6 Å². The highest BCUT2D eigenvalue weighted by molar-refractivity contribution is 9.09. The Morgan fingerprint density at radius 3 is 2.17 bits per heavy atom. The number of benzene rings is 1. The van der Waals surface area contributed by atoms with Crippen LogP contribution in [-0.2, 0) is 10.2 Å². The third kappa shape index (κ3) is 4.36. The largest absolute Gasteiger partial charge is 0.385 e. The average molecular weight is 378 g/mol. The van der Waals surface area contributed by atoms with Gasteiger partial charge >= 0.3 is 0 Å². The summed E-state index contributed by atoms with van der Waals surface area (Å²) < 4.78 is 5.12. The molecule has 0 aromatic heterocycles. The van der Waals surface area contributed by atoms with Gasteiger partial charge in [0.15, 0.2) is 0 Å². The molecule has 0 saturated heterocycles. The van der Waals surface area contributed by atoms with Gasteiger partial charge in [-0.15, -0.1) is 0 Å². The topological polar surface area (TPSA) is 9.23 Å². The van der Waals surface area contributed by atoms with E-state index in [1.807, 2.05) is 0 Å². The quantitative estimate of drug-likeness (QED) is 0.465. The molecule has 0 amide bonds. The Morgan fingerprint density at radius 1 is 1.06 bits per heavy atom. The molecule has 0 heterocycles. The lowest BCUT2D eigenvalue weighted by Gasteiger charge is -2.31. The Bertz CT molecular complexity index is 331. The lowest BCUT2D eigenvalue weighted by molar-refractivity contribution is 0.190. The molecule has 0 aliphatic heterocycles. The Hall–Kier alpha value is 0.140. The molecular formula is C15H22Br2O. The van der Waals surface area contributed by atoms with Gasteiger partial charge in [-0.25, -0.2) is 0 Å². The fraction of sp³-hybridized carbons (Fsp3) is 0.600. The van der Waals surface area contributed by atoms with Gasteiger partial charge in [0.25, 0.3) is 0 Å². The zero-order valence-electron chi connectivity index (χ0n) is 11.2. The number of hydrogen-bond donors (Lipinski definition) is 0. The fourth-order valence-corrected chi connectivity index (χ4v) is 4.22. The summed E-state index contributed by atoms with van der Waals surface area (Å²) in [4.78, 5) is 0. The summed E-state index contributed by atoms with van der Waals surface area (Å²) in [6, 6.07) is 8.91. The summed E-state index contributed by atoms with van der Waals surface area (Å²) in [5, 5.41) is 1.97. The molecule has 1 aromatic rings. The van der Waals surface area contributed by atoms with Crippen LogP contribution in [-0.4, -0.2) is 24.4 Å². The van der Waals surface area contributed by atoms with Crippen molar-refractivity contribution in [3.63, 3.8) is 0 Å². The molecule has 0 saturated carbocycles. The van der Waals surface area contributed by atoms with Crippen molar-refractivity contribution in [3.8, 4) is 0 Å². The van der Waals surface area contributed by atoms with Crippen LogP contribution in [0.3, 0.4) is 0 Å². The van der Waals surface area contributed by atoms with Gasteiger partial charge in [0.1, 0.15) is 0 Å². The van der Waals surface area contributed by atoms with Crippen molar-refractivity contribution in [2.24, 2.45) is 0 Å². The molecule has 0 N–H and O–H groups in total. The third-order valence-corrected chi connectivity index (χ3v) is 5.58. The molecule has 0 bridgehead atoms.